The largest absolute Gasteiger partial charge is 0.378 e. The standard InChI is InChI=1S/C13H19NO/c1-2-5-12-6-3-4-7-13(12)14-8-10-15-11-9-14/h3-4,6-7H,2,5,8-11H2,1H3. The van der Waals surface area contributed by atoms with Gasteiger partial charge in [0.25, 0.3) is 0 Å². The lowest BCUT2D eigenvalue weighted by Gasteiger charge is -2.30. The first-order valence-corrected chi connectivity index (χ1v) is 5.82. The van der Waals surface area contributed by atoms with E-state index in [0.29, 0.717) is 0 Å². The molecular weight excluding hydrogens is 186 g/mol. The Morgan fingerprint density at radius 1 is 1.20 bits per heavy atom. The van der Waals surface area contributed by atoms with Crippen LogP contribution in [0.25, 0.3) is 0 Å². The zero-order valence-corrected chi connectivity index (χ0v) is 9.41. The van der Waals surface area contributed by atoms with E-state index in [1.54, 1.807) is 0 Å². The average Bonchev–Trinajstić information content (AvgIpc) is 2.31. The highest BCUT2D eigenvalue weighted by Crippen LogP contribution is 2.22. The number of rotatable bonds is 3. The zero-order chi connectivity index (χ0) is 10.5. The molecule has 1 fully saturated rings. The normalized spacial score (nSPS) is 16.7. The summed E-state index contributed by atoms with van der Waals surface area (Å²) >= 11 is 0. The second-order valence-corrected chi connectivity index (χ2v) is 3.98. The molecule has 2 rings (SSSR count). The van der Waals surface area contributed by atoms with Crippen LogP contribution in [0, 0.1) is 0 Å². The number of hydrogen-bond donors (Lipinski definition) is 0. The summed E-state index contributed by atoms with van der Waals surface area (Å²) in [4.78, 5) is 2.44. The highest BCUT2D eigenvalue weighted by Gasteiger charge is 2.13. The minimum absolute atomic E-state index is 0.862. The predicted octanol–water partition coefficient (Wildman–Crippen LogP) is 2.48. The average molecular weight is 205 g/mol. The van der Waals surface area contributed by atoms with E-state index in [4.69, 9.17) is 4.74 Å². The zero-order valence-electron chi connectivity index (χ0n) is 9.41. The Morgan fingerprint density at radius 3 is 2.67 bits per heavy atom. The van der Waals surface area contributed by atoms with E-state index in [9.17, 15) is 0 Å². The lowest BCUT2D eigenvalue weighted by molar-refractivity contribution is 0.122. The van der Waals surface area contributed by atoms with E-state index in [2.05, 4.69) is 36.1 Å². The molecule has 2 heteroatoms. The van der Waals surface area contributed by atoms with Crippen LogP contribution in [-0.2, 0) is 11.2 Å². The fourth-order valence-corrected chi connectivity index (χ4v) is 2.10. The van der Waals surface area contributed by atoms with Crippen LogP contribution in [0.4, 0.5) is 5.69 Å². The Hall–Kier alpha value is -1.02. The van der Waals surface area contributed by atoms with E-state index in [-0.39, 0.29) is 0 Å². The number of nitrogens with zero attached hydrogens (tertiary/aromatic N) is 1. The summed E-state index contributed by atoms with van der Waals surface area (Å²) in [7, 11) is 0. The Bertz CT molecular complexity index is 305. The van der Waals surface area contributed by atoms with Crippen molar-refractivity contribution < 1.29 is 4.74 Å². The third-order valence-corrected chi connectivity index (χ3v) is 2.86. The summed E-state index contributed by atoms with van der Waals surface area (Å²) in [6.45, 7) is 6.01. The van der Waals surface area contributed by atoms with Crippen molar-refractivity contribution >= 4 is 5.69 Å². The summed E-state index contributed by atoms with van der Waals surface area (Å²) in [5.74, 6) is 0. The molecule has 82 valence electrons. The molecule has 0 saturated carbocycles. The van der Waals surface area contributed by atoms with Crippen LogP contribution < -0.4 is 4.90 Å². The van der Waals surface area contributed by atoms with Crippen molar-refractivity contribution in [2.75, 3.05) is 31.2 Å². The van der Waals surface area contributed by atoms with Crippen molar-refractivity contribution in [3.05, 3.63) is 29.8 Å². The van der Waals surface area contributed by atoms with Gasteiger partial charge in [0.15, 0.2) is 0 Å². The number of benzene rings is 1. The Morgan fingerprint density at radius 2 is 1.93 bits per heavy atom. The Kier molecular flexibility index (Phi) is 3.62. The van der Waals surface area contributed by atoms with E-state index < -0.39 is 0 Å². The van der Waals surface area contributed by atoms with Crippen LogP contribution in [0.3, 0.4) is 0 Å². The van der Waals surface area contributed by atoms with E-state index in [0.717, 1.165) is 26.3 Å². The number of aryl methyl sites for hydroxylation is 1. The summed E-state index contributed by atoms with van der Waals surface area (Å²) in [6, 6.07) is 8.74. The number of para-hydroxylation sites is 1. The van der Waals surface area contributed by atoms with Crippen molar-refractivity contribution in [1.82, 2.24) is 0 Å². The van der Waals surface area contributed by atoms with Gasteiger partial charge < -0.3 is 9.64 Å². The Labute approximate surface area is 91.9 Å². The van der Waals surface area contributed by atoms with Gasteiger partial charge in [0.05, 0.1) is 13.2 Å². The van der Waals surface area contributed by atoms with Gasteiger partial charge >= 0.3 is 0 Å². The van der Waals surface area contributed by atoms with Crippen LogP contribution in [0.1, 0.15) is 18.9 Å². The van der Waals surface area contributed by atoms with E-state index in [1.807, 2.05) is 0 Å². The van der Waals surface area contributed by atoms with E-state index in [1.165, 1.54) is 24.1 Å². The maximum Gasteiger partial charge on any atom is 0.0642 e. The van der Waals surface area contributed by atoms with Crippen molar-refractivity contribution in [3.8, 4) is 0 Å². The first kappa shape index (κ1) is 10.5. The molecule has 1 aromatic carbocycles. The van der Waals surface area contributed by atoms with Crippen molar-refractivity contribution in [1.29, 1.82) is 0 Å². The molecular formula is C13H19NO. The molecule has 0 radical (unpaired) electrons. The predicted molar refractivity (Wildman–Crippen MR) is 63.5 cm³/mol. The van der Waals surface area contributed by atoms with Gasteiger partial charge in [0.2, 0.25) is 0 Å². The second kappa shape index (κ2) is 5.17. The van der Waals surface area contributed by atoms with Gasteiger partial charge in [-0.3, -0.25) is 0 Å². The summed E-state index contributed by atoms with van der Waals surface area (Å²) in [5.41, 5.74) is 2.88. The summed E-state index contributed by atoms with van der Waals surface area (Å²) in [6.07, 6.45) is 2.38. The highest BCUT2D eigenvalue weighted by molar-refractivity contribution is 5.53. The monoisotopic (exact) mass is 205 g/mol. The van der Waals surface area contributed by atoms with Crippen molar-refractivity contribution in [2.45, 2.75) is 19.8 Å². The smallest absolute Gasteiger partial charge is 0.0642 e. The van der Waals surface area contributed by atoms with E-state index >= 15 is 0 Å². The quantitative estimate of drug-likeness (QED) is 0.751. The van der Waals surface area contributed by atoms with Gasteiger partial charge in [0.1, 0.15) is 0 Å². The number of anilines is 1. The second-order valence-electron chi connectivity index (χ2n) is 3.98. The first-order valence-electron chi connectivity index (χ1n) is 5.82. The molecule has 0 unspecified atom stereocenters. The van der Waals surface area contributed by atoms with Crippen LogP contribution >= 0.6 is 0 Å². The molecule has 0 amide bonds. The molecule has 15 heavy (non-hydrogen) atoms. The molecule has 0 N–H and O–H groups in total. The van der Waals surface area contributed by atoms with Gasteiger partial charge in [-0.2, -0.15) is 0 Å². The Balaban J connectivity index is 2.17. The fourth-order valence-electron chi connectivity index (χ4n) is 2.10. The summed E-state index contributed by atoms with van der Waals surface area (Å²) < 4.78 is 5.38. The van der Waals surface area contributed by atoms with Crippen molar-refractivity contribution in [3.63, 3.8) is 0 Å². The third kappa shape index (κ3) is 2.51. The van der Waals surface area contributed by atoms with Gasteiger partial charge in [-0.1, -0.05) is 31.5 Å². The molecule has 0 aliphatic carbocycles. The maximum atomic E-state index is 5.38. The molecule has 0 bridgehead atoms. The molecule has 1 heterocycles. The lowest BCUT2D eigenvalue weighted by atomic mass is 10.1. The maximum absolute atomic E-state index is 5.38. The van der Waals surface area contributed by atoms with Crippen LogP contribution in [0.2, 0.25) is 0 Å². The molecule has 0 atom stereocenters. The molecule has 1 aliphatic heterocycles. The van der Waals surface area contributed by atoms with Gasteiger partial charge in [0, 0.05) is 18.8 Å². The molecule has 0 spiro atoms. The molecule has 0 aromatic heterocycles. The first-order chi connectivity index (χ1) is 7.42. The summed E-state index contributed by atoms with van der Waals surface area (Å²) in [5, 5.41) is 0. The number of hydrogen-bond acceptors (Lipinski definition) is 2. The van der Waals surface area contributed by atoms with Crippen LogP contribution in [0.5, 0.6) is 0 Å². The molecule has 1 aliphatic rings. The van der Waals surface area contributed by atoms with Crippen molar-refractivity contribution in [2.24, 2.45) is 0 Å². The van der Waals surface area contributed by atoms with Gasteiger partial charge in [-0.25, -0.2) is 0 Å². The number of morpholine rings is 1. The number of ether oxygens (including phenoxy) is 1. The minimum Gasteiger partial charge on any atom is -0.378 e. The van der Waals surface area contributed by atoms with Crippen LogP contribution in [-0.4, -0.2) is 26.3 Å². The highest BCUT2D eigenvalue weighted by atomic mass is 16.5. The lowest BCUT2D eigenvalue weighted by Crippen LogP contribution is -2.36. The third-order valence-electron chi connectivity index (χ3n) is 2.86. The minimum atomic E-state index is 0.862. The van der Waals surface area contributed by atoms with Gasteiger partial charge in [-0.05, 0) is 18.1 Å². The molecule has 2 nitrogen and oxygen atoms in total. The SMILES string of the molecule is CCCc1ccccc1N1CCOCC1. The molecule has 1 aromatic rings. The van der Waals surface area contributed by atoms with Gasteiger partial charge in [-0.15, -0.1) is 0 Å². The fraction of sp³-hybridized carbons (Fsp3) is 0.538. The topological polar surface area (TPSA) is 12.5 Å². The van der Waals surface area contributed by atoms with Crippen LogP contribution in [0.15, 0.2) is 24.3 Å². The molecule has 1 saturated heterocycles.